The fraction of sp³-hybridized carbons (Fsp3) is 0.533. The molecule has 0 saturated carbocycles. The molecule has 0 radical (unpaired) electrons. The van der Waals surface area contributed by atoms with Gasteiger partial charge in [-0.15, -0.1) is 12.4 Å². The summed E-state index contributed by atoms with van der Waals surface area (Å²) in [6.45, 7) is 4.86. The minimum absolute atomic E-state index is 0. The van der Waals surface area contributed by atoms with E-state index in [1.807, 2.05) is 18.2 Å². The Hall–Kier alpha value is -0.810. The van der Waals surface area contributed by atoms with Gasteiger partial charge >= 0.3 is 0 Å². The van der Waals surface area contributed by atoms with Crippen molar-refractivity contribution in [3.8, 4) is 0 Å². The van der Waals surface area contributed by atoms with E-state index in [4.69, 9.17) is 17.3 Å². The Labute approximate surface area is 137 Å². The van der Waals surface area contributed by atoms with E-state index < -0.39 is 0 Å². The average Bonchev–Trinajstić information content (AvgIpc) is 2.88. The van der Waals surface area contributed by atoms with Crippen LogP contribution >= 0.6 is 24.0 Å². The van der Waals surface area contributed by atoms with Crippen molar-refractivity contribution in [2.24, 2.45) is 11.7 Å². The Kier molecular flexibility index (Phi) is 7.46. The van der Waals surface area contributed by atoms with Gasteiger partial charge in [0.2, 0.25) is 5.91 Å². The molecule has 4 nitrogen and oxygen atoms in total. The molecule has 1 amide bonds. The summed E-state index contributed by atoms with van der Waals surface area (Å²) in [6, 6.07) is 7.51. The fourth-order valence-corrected chi connectivity index (χ4v) is 2.71. The zero-order chi connectivity index (χ0) is 14.5. The van der Waals surface area contributed by atoms with Crippen LogP contribution in [-0.2, 0) is 4.79 Å². The molecule has 1 aromatic rings. The monoisotopic (exact) mass is 331 g/mol. The molecule has 1 heterocycles. The Morgan fingerprint density at radius 3 is 2.86 bits per heavy atom. The van der Waals surface area contributed by atoms with Gasteiger partial charge in [0.25, 0.3) is 0 Å². The molecule has 0 bridgehead atoms. The first kappa shape index (κ1) is 18.2. The van der Waals surface area contributed by atoms with Crippen LogP contribution in [0.3, 0.4) is 0 Å². The number of hydrogen-bond donors (Lipinski definition) is 2. The first-order valence-corrected chi connectivity index (χ1v) is 7.46. The van der Waals surface area contributed by atoms with Crippen molar-refractivity contribution in [1.29, 1.82) is 0 Å². The number of hydrogen-bond acceptors (Lipinski definition) is 3. The zero-order valence-electron chi connectivity index (χ0n) is 12.2. The second-order valence-electron chi connectivity index (χ2n) is 5.49. The van der Waals surface area contributed by atoms with Crippen LogP contribution in [0.25, 0.3) is 0 Å². The van der Waals surface area contributed by atoms with Gasteiger partial charge in [0.15, 0.2) is 0 Å². The number of rotatable bonds is 5. The van der Waals surface area contributed by atoms with Crippen molar-refractivity contribution in [3.05, 3.63) is 29.3 Å². The molecule has 2 unspecified atom stereocenters. The third-order valence-electron chi connectivity index (χ3n) is 3.86. The molecule has 0 aromatic heterocycles. The predicted octanol–water partition coefficient (Wildman–Crippen LogP) is 2.76. The van der Waals surface area contributed by atoms with Crippen LogP contribution in [0.5, 0.6) is 0 Å². The third kappa shape index (κ3) is 5.47. The summed E-state index contributed by atoms with van der Waals surface area (Å²) in [5.74, 6) is 0.559. The number of carbonyl (C=O) groups is 1. The zero-order valence-corrected chi connectivity index (χ0v) is 13.8. The maximum absolute atomic E-state index is 11.9. The van der Waals surface area contributed by atoms with Crippen LogP contribution in [0, 0.1) is 5.92 Å². The standard InChI is InChI=1S/C15H22ClN3O.ClH/c1-11(17)12-6-8-19(10-12)9-7-15(20)18-14-5-3-2-4-13(14)16;/h2-5,11-12H,6-10,17H2,1H3,(H,18,20);1H. The van der Waals surface area contributed by atoms with Crippen molar-refractivity contribution in [2.75, 3.05) is 25.0 Å². The third-order valence-corrected chi connectivity index (χ3v) is 4.19. The average molecular weight is 332 g/mol. The quantitative estimate of drug-likeness (QED) is 0.872. The maximum atomic E-state index is 11.9. The molecule has 1 fully saturated rings. The molecule has 1 aliphatic rings. The number of para-hydroxylation sites is 1. The van der Waals surface area contributed by atoms with Gasteiger partial charge in [0, 0.05) is 25.6 Å². The van der Waals surface area contributed by atoms with E-state index in [0.29, 0.717) is 23.0 Å². The molecule has 2 rings (SSSR count). The normalized spacial score (nSPS) is 19.9. The number of nitrogens with one attached hydrogen (secondary N) is 1. The number of carbonyl (C=O) groups excluding carboxylic acids is 1. The van der Waals surface area contributed by atoms with Crippen molar-refractivity contribution in [3.63, 3.8) is 0 Å². The number of anilines is 1. The van der Waals surface area contributed by atoms with Crippen molar-refractivity contribution in [1.82, 2.24) is 4.90 Å². The Morgan fingerprint density at radius 1 is 1.52 bits per heavy atom. The summed E-state index contributed by atoms with van der Waals surface area (Å²) in [4.78, 5) is 14.2. The predicted molar refractivity (Wildman–Crippen MR) is 90.1 cm³/mol. The molecule has 0 aliphatic carbocycles. The second kappa shape index (κ2) is 8.59. The molecule has 3 N–H and O–H groups in total. The molecule has 1 aliphatic heterocycles. The van der Waals surface area contributed by atoms with Gasteiger partial charge in [-0.1, -0.05) is 23.7 Å². The Balaban J connectivity index is 0.00000220. The van der Waals surface area contributed by atoms with Crippen LogP contribution in [-0.4, -0.2) is 36.5 Å². The first-order chi connectivity index (χ1) is 9.56. The van der Waals surface area contributed by atoms with E-state index in [1.54, 1.807) is 6.07 Å². The Morgan fingerprint density at radius 2 is 2.24 bits per heavy atom. The van der Waals surface area contributed by atoms with Crippen LogP contribution in [0.1, 0.15) is 19.8 Å². The van der Waals surface area contributed by atoms with E-state index in [1.165, 1.54) is 0 Å². The lowest BCUT2D eigenvalue weighted by atomic mass is 10.0. The summed E-state index contributed by atoms with van der Waals surface area (Å²) < 4.78 is 0. The number of benzene rings is 1. The van der Waals surface area contributed by atoms with E-state index >= 15 is 0 Å². The lowest BCUT2D eigenvalue weighted by Crippen LogP contribution is -2.31. The molecule has 2 atom stereocenters. The topological polar surface area (TPSA) is 58.4 Å². The summed E-state index contributed by atoms with van der Waals surface area (Å²) in [5.41, 5.74) is 6.59. The van der Waals surface area contributed by atoms with Gasteiger partial charge in [0.05, 0.1) is 10.7 Å². The highest BCUT2D eigenvalue weighted by molar-refractivity contribution is 6.33. The summed E-state index contributed by atoms with van der Waals surface area (Å²) >= 11 is 6.01. The number of likely N-dealkylation sites (tertiary alicyclic amines) is 1. The van der Waals surface area contributed by atoms with E-state index in [2.05, 4.69) is 17.1 Å². The fourth-order valence-electron chi connectivity index (χ4n) is 2.53. The van der Waals surface area contributed by atoms with Crippen molar-refractivity contribution < 1.29 is 4.79 Å². The number of amides is 1. The van der Waals surface area contributed by atoms with Gasteiger partial charge in [0.1, 0.15) is 0 Å². The summed E-state index contributed by atoms with van der Waals surface area (Å²) in [7, 11) is 0. The highest BCUT2D eigenvalue weighted by Gasteiger charge is 2.25. The van der Waals surface area contributed by atoms with Crippen molar-refractivity contribution in [2.45, 2.75) is 25.8 Å². The minimum atomic E-state index is 0. The van der Waals surface area contributed by atoms with Crippen LogP contribution in [0.2, 0.25) is 5.02 Å². The van der Waals surface area contributed by atoms with E-state index in [9.17, 15) is 4.79 Å². The molecule has 0 spiro atoms. The summed E-state index contributed by atoms with van der Waals surface area (Å²) in [5, 5.41) is 3.41. The maximum Gasteiger partial charge on any atom is 0.225 e. The lowest BCUT2D eigenvalue weighted by Gasteiger charge is -2.17. The number of nitrogens with two attached hydrogens (primary N) is 1. The van der Waals surface area contributed by atoms with Gasteiger partial charge in [-0.25, -0.2) is 0 Å². The van der Waals surface area contributed by atoms with E-state index in [-0.39, 0.29) is 24.4 Å². The molecule has 21 heavy (non-hydrogen) atoms. The van der Waals surface area contributed by atoms with Gasteiger partial charge < -0.3 is 16.0 Å². The lowest BCUT2D eigenvalue weighted by molar-refractivity contribution is -0.116. The van der Waals surface area contributed by atoms with E-state index in [0.717, 1.165) is 26.1 Å². The molecule has 1 saturated heterocycles. The first-order valence-electron chi connectivity index (χ1n) is 7.08. The minimum Gasteiger partial charge on any atom is -0.328 e. The van der Waals surface area contributed by atoms with Gasteiger partial charge in [-0.3, -0.25) is 4.79 Å². The largest absolute Gasteiger partial charge is 0.328 e. The number of nitrogens with zero attached hydrogens (tertiary/aromatic N) is 1. The van der Waals surface area contributed by atoms with Crippen molar-refractivity contribution >= 4 is 35.6 Å². The molecule has 6 heteroatoms. The second-order valence-corrected chi connectivity index (χ2v) is 5.89. The molecular weight excluding hydrogens is 309 g/mol. The molecule has 118 valence electrons. The number of halogens is 2. The Bertz CT molecular complexity index is 468. The summed E-state index contributed by atoms with van der Waals surface area (Å²) in [6.07, 6.45) is 1.61. The highest BCUT2D eigenvalue weighted by atomic mass is 35.5. The molecular formula is C15H23Cl2N3O. The van der Waals surface area contributed by atoms with Gasteiger partial charge in [-0.2, -0.15) is 0 Å². The van der Waals surface area contributed by atoms with Gasteiger partial charge in [-0.05, 0) is 37.9 Å². The highest BCUT2D eigenvalue weighted by Crippen LogP contribution is 2.21. The SMILES string of the molecule is CC(N)C1CCN(CCC(=O)Nc2ccccc2Cl)C1.Cl. The van der Waals surface area contributed by atoms with Crippen LogP contribution < -0.4 is 11.1 Å². The smallest absolute Gasteiger partial charge is 0.225 e. The van der Waals surface area contributed by atoms with Crippen LogP contribution in [0.4, 0.5) is 5.69 Å². The molecule has 1 aromatic carbocycles. The van der Waals surface area contributed by atoms with Crippen LogP contribution in [0.15, 0.2) is 24.3 Å².